The van der Waals surface area contributed by atoms with E-state index in [2.05, 4.69) is 15.2 Å². The number of ketones is 1. The van der Waals surface area contributed by atoms with Crippen molar-refractivity contribution >= 4 is 17.5 Å². The van der Waals surface area contributed by atoms with Gasteiger partial charge in [-0.1, -0.05) is 60.7 Å². The third kappa shape index (κ3) is 3.96. The number of pyridine rings is 1. The Kier molecular flexibility index (Phi) is 5.07. The minimum Gasteiger partial charge on any atom is -0.411 e. The number of benzene rings is 2. The second kappa shape index (κ2) is 7.97. The molecule has 0 bridgehead atoms. The molecular formula is C21H15N3O2S. The topological polar surface area (TPSA) is 68.9 Å². The predicted molar refractivity (Wildman–Crippen MR) is 103 cm³/mol. The Hall–Kier alpha value is -3.25. The molecule has 0 aliphatic heterocycles. The number of Topliss-reactive ketones (excluding diaryl/α,β-unsaturated/α-hetero) is 1. The van der Waals surface area contributed by atoms with Crippen LogP contribution in [0.2, 0.25) is 0 Å². The van der Waals surface area contributed by atoms with E-state index < -0.39 is 5.25 Å². The van der Waals surface area contributed by atoms with Gasteiger partial charge in [0.15, 0.2) is 5.78 Å². The number of hydrogen-bond donors (Lipinski definition) is 0. The Morgan fingerprint density at radius 2 is 1.52 bits per heavy atom. The van der Waals surface area contributed by atoms with E-state index in [4.69, 9.17) is 4.42 Å². The van der Waals surface area contributed by atoms with Crippen molar-refractivity contribution < 1.29 is 9.21 Å². The van der Waals surface area contributed by atoms with Crippen LogP contribution in [0.4, 0.5) is 0 Å². The fourth-order valence-electron chi connectivity index (χ4n) is 2.62. The SMILES string of the molecule is O=C(c1ccccc1)[C@@H](Sc1nnc(-c2ccncc2)o1)c1ccccc1. The fourth-order valence-corrected chi connectivity index (χ4v) is 3.58. The first-order chi connectivity index (χ1) is 13.3. The van der Waals surface area contributed by atoms with E-state index in [1.54, 1.807) is 24.5 Å². The highest BCUT2D eigenvalue weighted by atomic mass is 32.2. The number of aromatic nitrogens is 3. The zero-order valence-corrected chi connectivity index (χ0v) is 15.0. The maximum absolute atomic E-state index is 13.1. The average Bonchev–Trinajstić information content (AvgIpc) is 3.22. The third-order valence-electron chi connectivity index (χ3n) is 3.95. The van der Waals surface area contributed by atoms with Gasteiger partial charge < -0.3 is 4.42 Å². The molecular weight excluding hydrogens is 358 g/mol. The van der Waals surface area contributed by atoms with Gasteiger partial charge in [0.25, 0.3) is 5.22 Å². The lowest BCUT2D eigenvalue weighted by molar-refractivity contribution is 0.0989. The van der Waals surface area contributed by atoms with E-state index in [9.17, 15) is 4.79 Å². The average molecular weight is 373 g/mol. The van der Waals surface area contributed by atoms with Crippen LogP contribution in [0.5, 0.6) is 0 Å². The van der Waals surface area contributed by atoms with Crippen LogP contribution in [-0.2, 0) is 0 Å². The van der Waals surface area contributed by atoms with Gasteiger partial charge >= 0.3 is 0 Å². The number of carbonyl (C=O) groups excluding carboxylic acids is 1. The highest BCUT2D eigenvalue weighted by molar-refractivity contribution is 8.00. The largest absolute Gasteiger partial charge is 0.411 e. The second-order valence-electron chi connectivity index (χ2n) is 5.75. The van der Waals surface area contributed by atoms with Gasteiger partial charge in [0.05, 0.1) is 0 Å². The first-order valence-corrected chi connectivity index (χ1v) is 9.24. The molecule has 4 aromatic rings. The molecule has 0 saturated carbocycles. The summed E-state index contributed by atoms with van der Waals surface area (Å²) in [6, 6.07) is 22.4. The molecule has 0 fully saturated rings. The Labute approximate surface area is 160 Å². The van der Waals surface area contributed by atoms with Crippen LogP contribution in [0.3, 0.4) is 0 Å². The molecule has 1 atom stereocenters. The van der Waals surface area contributed by atoms with E-state index in [0.717, 1.165) is 11.1 Å². The number of rotatable bonds is 6. The summed E-state index contributed by atoms with van der Waals surface area (Å²) in [5, 5.41) is 8.07. The van der Waals surface area contributed by atoms with Crippen LogP contribution >= 0.6 is 11.8 Å². The van der Waals surface area contributed by atoms with Gasteiger partial charge in [-0.3, -0.25) is 9.78 Å². The van der Waals surface area contributed by atoms with Crippen LogP contribution in [0.15, 0.2) is 94.8 Å². The minimum absolute atomic E-state index is 0.00420. The summed E-state index contributed by atoms with van der Waals surface area (Å²) in [6.45, 7) is 0. The fraction of sp³-hybridized carbons (Fsp3) is 0.0476. The second-order valence-corrected chi connectivity index (χ2v) is 6.80. The normalized spacial score (nSPS) is 11.9. The van der Waals surface area contributed by atoms with Gasteiger partial charge in [-0.2, -0.15) is 0 Å². The van der Waals surface area contributed by atoms with Crippen LogP contribution in [0, 0.1) is 0 Å². The predicted octanol–water partition coefficient (Wildman–Crippen LogP) is 4.85. The number of carbonyl (C=O) groups is 1. The van der Waals surface area contributed by atoms with Crippen LogP contribution < -0.4 is 0 Å². The lowest BCUT2D eigenvalue weighted by atomic mass is 10.0. The smallest absolute Gasteiger partial charge is 0.277 e. The maximum Gasteiger partial charge on any atom is 0.277 e. The molecule has 27 heavy (non-hydrogen) atoms. The van der Waals surface area contributed by atoms with Gasteiger partial charge in [0.2, 0.25) is 5.89 Å². The molecule has 0 amide bonds. The van der Waals surface area contributed by atoms with Gasteiger partial charge in [0, 0.05) is 23.5 Å². The molecule has 0 N–H and O–H groups in total. The molecule has 0 spiro atoms. The molecule has 2 heterocycles. The van der Waals surface area contributed by atoms with Crippen LogP contribution in [0.1, 0.15) is 21.2 Å². The zero-order chi connectivity index (χ0) is 18.5. The summed E-state index contributed by atoms with van der Waals surface area (Å²) in [6.07, 6.45) is 3.33. The van der Waals surface area contributed by atoms with Crippen LogP contribution in [0.25, 0.3) is 11.5 Å². The summed E-state index contributed by atoms with van der Waals surface area (Å²) in [7, 11) is 0. The molecule has 2 aromatic heterocycles. The first-order valence-electron chi connectivity index (χ1n) is 8.36. The van der Waals surface area contributed by atoms with Gasteiger partial charge in [-0.25, -0.2) is 0 Å². The van der Waals surface area contributed by atoms with Crippen molar-refractivity contribution in [2.45, 2.75) is 10.5 Å². The third-order valence-corrected chi connectivity index (χ3v) is 5.04. The molecule has 2 aromatic carbocycles. The lowest BCUT2D eigenvalue weighted by Gasteiger charge is -2.14. The molecule has 0 aliphatic rings. The summed E-state index contributed by atoms with van der Waals surface area (Å²) < 4.78 is 5.77. The monoisotopic (exact) mass is 373 g/mol. The summed E-state index contributed by atoms with van der Waals surface area (Å²) >= 11 is 1.25. The van der Waals surface area contributed by atoms with Crippen molar-refractivity contribution in [3.63, 3.8) is 0 Å². The van der Waals surface area contributed by atoms with E-state index >= 15 is 0 Å². The highest BCUT2D eigenvalue weighted by Gasteiger charge is 2.26. The van der Waals surface area contributed by atoms with Gasteiger partial charge in [-0.15, -0.1) is 10.2 Å². The van der Waals surface area contributed by atoms with Crippen molar-refractivity contribution in [1.82, 2.24) is 15.2 Å². The van der Waals surface area contributed by atoms with Crippen molar-refractivity contribution in [3.05, 3.63) is 96.3 Å². The standard InChI is InChI=1S/C21H15N3O2S/c25-18(15-7-3-1-4-8-15)19(16-9-5-2-6-10-16)27-21-24-23-20(26-21)17-11-13-22-14-12-17/h1-14,19H/t19-/m0/s1. The molecule has 4 rings (SSSR count). The van der Waals surface area contributed by atoms with Gasteiger partial charge in [0.1, 0.15) is 5.25 Å². The van der Waals surface area contributed by atoms with E-state index in [1.165, 1.54) is 11.8 Å². The Morgan fingerprint density at radius 1 is 0.852 bits per heavy atom. The Balaban J connectivity index is 1.64. The van der Waals surface area contributed by atoms with Crippen molar-refractivity contribution in [1.29, 1.82) is 0 Å². The summed E-state index contributed by atoms with van der Waals surface area (Å²) in [4.78, 5) is 17.1. The molecule has 0 saturated heterocycles. The maximum atomic E-state index is 13.1. The quantitative estimate of drug-likeness (QED) is 0.355. The van der Waals surface area contributed by atoms with Crippen molar-refractivity contribution in [3.8, 4) is 11.5 Å². The highest BCUT2D eigenvalue weighted by Crippen LogP contribution is 2.37. The van der Waals surface area contributed by atoms with Crippen molar-refractivity contribution in [2.24, 2.45) is 0 Å². The summed E-state index contributed by atoms with van der Waals surface area (Å²) in [5.74, 6) is 0.398. The Bertz CT molecular complexity index is 1020. The lowest BCUT2D eigenvalue weighted by Crippen LogP contribution is -2.10. The number of hydrogen-bond acceptors (Lipinski definition) is 6. The molecule has 0 unspecified atom stereocenters. The van der Waals surface area contributed by atoms with Gasteiger partial charge in [-0.05, 0) is 29.5 Å². The molecule has 132 valence electrons. The van der Waals surface area contributed by atoms with E-state index in [0.29, 0.717) is 16.7 Å². The number of nitrogens with zero attached hydrogens (tertiary/aromatic N) is 3. The molecule has 0 radical (unpaired) electrons. The molecule has 6 heteroatoms. The molecule has 0 aliphatic carbocycles. The summed E-state index contributed by atoms with van der Waals surface area (Å²) in [5.41, 5.74) is 2.32. The van der Waals surface area contributed by atoms with E-state index in [1.807, 2.05) is 60.7 Å². The van der Waals surface area contributed by atoms with Crippen LogP contribution in [-0.4, -0.2) is 21.0 Å². The Morgan fingerprint density at radius 3 is 2.22 bits per heavy atom. The first kappa shape index (κ1) is 17.2. The van der Waals surface area contributed by atoms with Crippen molar-refractivity contribution in [2.75, 3.05) is 0 Å². The zero-order valence-electron chi connectivity index (χ0n) is 14.2. The van der Waals surface area contributed by atoms with E-state index in [-0.39, 0.29) is 5.78 Å². The number of thioether (sulfide) groups is 1. The minimum atomic E-state index is -0.473. The molecule has 5 nitrogen and oxygen atoms in total.